The van der Waals surface area contributed by atoms with E-state index in [0.717, 1.165) is 16.2 Å². The van der Waals surface area contributed by atoms with Crippen molar-refractivity contribution in [1.82, 2.24) is 5.32 Å². The number of nitrogens with one attached hydrogen (secondary N) is 1. The summed E-state index contributed by atoms with van der Waals surface area (Å²) in [5, 5.41) is 6.98. The molecule has 0 saturated heterocycles. The molecule has 0 aromatic heterocycles. The quantitative estimate of drug-likeness (QED) is 0.583. The molecule has 0 fully saturated rings. The molecule has 1 amide bonds. The first-order valence-corrected chi connectivity index (χ1v) is 6.42. The van der Waals surface area contributed by atoms with Crippen LogP contribution >= 0.6 is 0 Å². The summed E-state index contributed by atoms with van der Waals surface area (Å²) in [5.41, 5.74) is 0.564. The maximum Gasteiger partial charge on any atom is 0.251 e. The van der Waals surface area contributed by atoms with Crippen LogP contribution in [0.4, 0.5) is 0 Å². The molecule has 0 bridgehead atoms. The lowest BCUT2D eigenvalue weighted by Gasteiger charge is -2.05. The van der Waals surface area contributed by atoms with E-state index < -0.39 is 0 Å². The lowest BCUT2D eigenvalue weighted by Crippen LogP contribution is -2.24. The Balaban J connectivity index is 2.08. The monoisotopic (exact) mass is 263 g/mol. The number of amides is 1. The highest BCUT2D eigenvalue weighted by Gasteiger charge is 2.06. The summed E-state index contributed by atoms with van der Waals surface area (Å²) >= 11 is 0. The number of rotatable bonds is 3. The molecule has 0 aliphatic carbocycles. The van der Waals surface area contributed by atoms with Crippen molar-refractivity contribution in [2.45, 2.75) is 0 Å². The zero-order chi connectivity index (χ0) is 13.9. The van der Waals surface area contributed by atoms with Crippen molar-refractivity contribution in [1.29, 1.82) is 0 Å². The first-order chi connectivity index (χ1) is 9.78. The Morgan fingerprint density at radius 3 is 2.25 bits per heavy atom. The van der Waals surface area contributed by atoms with Crippen LogP contribution in [0.5, 0.6) is 0 Å². The van der Waals surface area contributed by atoms with Crippen molar-refractivity contribution in [3.05, 3.63) is 60.2 Å². The van der Waals surface area contributed by atoms with Crippen LogP contribution in [0, 0.1) is 0 Å². The summed E-state index contributed by atoms with van der Waals surface area (Å²) in [7, 11) is 0. The van der Waals surface area contributed by atoms with Crippen LogP contribution in [0.15, 0.2) is 54.6 Å². The van der Waals surface area contributed by atoms with Gasteiger partial charge in [-0.25, -0.2) is 0 Å². The SMILES string of the molecule is O=CCNC(=O)c1ccc2cc3ccccc3cc2c1. The molecule has 0 unspecified atom stereocenters. The molecule has 3 heteroatoms. The number of hydrogen-bond acceptors (Lipinski definition) is 2. The minimum absolute atomic E-state index is 0.0363. The van der Waals surface area contributed by atoms with Gasteiger partial charge < -0.3 is 10.1 Å². The first-order valence-electron chi connectivity index (χ1n) is 6.42. The van der Waals surface area contributed by atoms with Gasteiger partial charge in [0.2, 0.25) is 0 Å². The molecule has 3 aromatic rings. The van der Waals surface area contributed by atoms with Gasteiger partial charge in [-0.2, -0.15) is 0 Å². The van der Waals surface area contributed by atoms with E-state index >= 15 is 0 Å². The fourth-order valence-electron chi connectivity index (χ4n) is 2.32. The number of benzene rings is 3. The second kappa shape index (κ2) is 5.13. The average molecular weight is 263 g/mol. The Kier molecular flexibility index (Phi) is 3.17. The summed E-state index contributed by atoms with van der Waals surface area (Å²) in [5.74, 6) is -0.229. The van der Waals surface area contributed by atoms with Gasteiger partial charge in [0, 0.05) is 5.56 Å². The van der Waals surface area contributed by atoms with E-state index in [2.05, 4.69) is 23.5 Å². The lowest BCUT2D eigenvalue weighted by molar-refractivity contribution is -0.107. The first kappa shape index (κ1) is 12.4. The van der Waals surface area contributed by atoms with Crippen molar-refractivity contribution >= 4 is 33.7 Å². The summed E-state index contributed by atoms with van der Waals surface area (Å²) < 4.78 is 0. The minimum atomic E-state index is -0.229. The predicted molar refractivity (Wildman–Crippen MR) is 79.9 cm³/mol. The lowest BCUT2D eigenvalue weighted by atomic mass is 10.0. The molecular weight excluding hydrogens is 250 g/mol. The van der Waals surface area contributed by atoms with E-state index in [0.29, 0.717) is 11.8 Å². The number of carbonyl (C=O) groups excluding carboxylic acids is 2. The Morgan fingerprint density at radius 2 is 1.55 bits per heavy atom. The standard InChI is InChI=1S/C17H13NO2/c19-8-7-18-17(20)15-6-5-14-9-12-3-1-2-4-13(12)10-16(14)11-15/h1-6,8-11H,7H2,(H,18,20). The van der Waals surface area contributed by atoms with Crippen LogP contribution in [0.2, 0.25) is 0 Å². The number of fused-ring (bicyclic) bond motifs is 2. The zero-order valence-electron chi connectivity index (χ0n) is 10.8. The molecule has 0 heterocycles. The fourth-order valence-corrected chi connectivity index (χ4v) is 2.32. The van der Waals surface area contributed by atoms with Gasteiger partial charge in [-0.05, 0) is 45.8 Å². The Hall–Kier alpha value is -2.68. The van der Waals surface area contributed by atoms with Crippen LogP contribution in [0.25, 0.3) is 21.5 Å². The number of hydrogen-bond donors (Lipinski definition) is 1. The van der Waals surface area contributed by atoms with Gasteiger partial charge in [0.15, 0.2) is 0 Å². The molecule has 0 radical (unpaired) electrons. The molecule has 3 rings (SSSR count). The smallest absolute Gasteiger partial charge is 0.251 e. The minimum Gasteiger partial charge on any atom is -0.345 e. The number of carbonyl (C=O) groups is 2. The Bertz CT molecular complexity index is 808. The average Bonchev–Trinajstić information content (AvgIpc) is 2.50. The zero-order valence-corrected chi connectivity index (χ0v) is 10.8. The molecule has 3 aromatic carbocycles. The van der Waals surface area contributed by atoms with Crippen molar-refractivity contribution in [2.24, 2.45) is 0 Å². The van der Waals surface area contributed by atoms with Gasteiger partial charge in [0.05, 0.1) is 6.54 Å². The van der Waals surface area contributed by atoms with Gasteiger partial charge in [0.1, 0.15) is 6.29 Å². The third-order valence-electron chi connectivity index (χ3n) is 3.31. The third kappa shape index (κ3) is 2.26. The van der Waals surface area contributed by atoms with E-state index in [4.69, 9.17) is 0 Å². The largest absolute Gasteiger partial charge is 0.345 e. The van der Waals surface area contributed by atoms with Gasteiger partial charge in [-0.3, -0.25) is 4.79 Å². The Morgan fingerprint density at radius 1 is 0.900 bits per heavy atom. The van der Waals surface area contributed by atoms with Gasteiger partial charge in [-0.15, -0.1) is 0 Å². The number of aldehydes is 1. The van der Waals surface area contributed by atoms with Gasteiger partial charge >= 0.3 is 0 Å². The second-order valence-corrected chi connectivity index (χ2v) is 4.64. The molecule has 20 heavy (non-hydrogen) atoms. The molecule has 0 spiro atoms. The molecule has 0 aliphatic rings. The maximum absolute atomic E-state index is 11.8. The maximum atomic E-state index is 11.8. The van der Waals surface area contributed by atoms with E-state index in [9.17, 15) is 9.59 Å². The summed E-state index contributed by atoms with van der Waals surface area (Å²) in [6.45, 7) is 0.0363. The summed E-state index contributed by atoms with van der Waals surface area (Å²) in [4.78, 5) is 22.1. The third-order valence-corrected chi connectivity index (χ3v) is 3.31. The van der Waals surface area contributed by atoms with Gasteiger partial charge in [-0.1, -0.05) is 30.3 Å². The Labute approximate surface area is 116 Å². The van der Waals surface area contributed by atoms with Crippen LogP contribution in [-0.2, 0) is 4.79 Å². The molecule has 0 atom stereocenters. The van der Waals surface area contributed by atoms with E-state index in [1.165, 1.54) is 5.39 Å². The molecule has 1 N–H and O–H groups in total. The van der Waals surface area contributed by atoms with E-state index in [1.54, 1.807) is 6.07 Å². The van der Waals surface area contributed by atoms with Crippen LogP contribution in [-0.4, -0.2) is 18.7 Å². The van der Waals surface area contributed by atoms with E-state index in [1.807, 2.05) is 30.3 Å². The molecule has 98 valence electrons. The molecule has 3 nitrogen and oxygen atoms in total. The molecule has 0 aliphatic heterocycles. The van der Waals surface area contributed by atoms with Crippen molar-refractivity contribution in [2.75, 3.05) is 6.54 Å². The topological polar surface area (TPSA) is 46.2 Å². The molecule has 0 saturated carbocycles. The van der Waals surface area contributed by atoms with Crippen molar-refractivity contribution in [3.63, 3.8) is 0 Å². The van der Waals surface area contributed by atoms with Crippen LogP contribution in [0.1, 0.15) is 10.4 Å². The highest BCUT2D eigenvalue weighted by Crippen LogP contribution is 2.23. The summed E-state index contributed by atoms with van der Waals surface area (Å²) in [6.07, 6.45) is 0.673. The van der Waals surface area contributed by atoms with Gasteiger partial charge in [0.25, 0.3) is 5.91 Å². The van der Waals surface area contributed by atoms with Crippen LogP contribution < -0.4 is 5.32 Å². The molecular formula is C17H13NO2. The van der Waals surface area contributed by atoms with Crippen LogP contribution in [0.3, 0.4) is 0 Å². The highest BCUT2D eigenvalue weighted by molar-refractivity contribution is 6.03. The fraction of sp³-hybridized carbons (Fsp3) is 0.0588. The highest BCUT2D eigenvalue weighted by atomic mass is 16.2. The normalized spacial score (nSPS) is 10.6. The van der Waals surface area contributed by atoms with Crippen molar-refractivity contribution in [3.8, 4) is 0 Å². The predicted octanol–water partition coefficient (Wildman–Crippen LogP) is 2.92. The second-order valence-electron chi connectivity index (χ2n) is 4.64. The van der Waals surface area contributed by atoms with Crippen molar-refractivity contribution < 1.29 is 9.59 Å². The van der Waals surface area contributed by atoms with E-state index in [-0.39, 0.29) is 12.5 Å². The summed E-state index contributed by atoms with van der Waals surface area (Å²) in [6, 6.07) is 17.9.